The van der Waals surface area contributed by atoms with Gasteiger partial charge in [-0.3, -0.25) is 0 Å². The molecule has 0 aliphatic heterocycles. The van der Waals surface area contributed by atoms with Crippen LogP contribution in [0.5, 0.6) is 0 Å². The molecule has 0 N–H and O–H groups in total. The Labute approximate surface area is 569 Å². The van der Waals surface area contributed by atoms with E-state index >= 15 is 0 Å². The Hall–Kier alpha value is -3.64. The second-order valence-corrected chi connectivity index (χ2v) is 25.6. The Balaban J connectivity index is 0.00000172. The zero-order valence-electron chi connectivity index (χ0n) is 55.4. The molecule has 2 rings (SSSR count). The Morgan fingerprint density at radius 1 is 0.315 bits per heavy atom. The van der Waals surface area contributed by atoms with Gasteiger partial charge in [0.25, 0.3) is 0 Å². The summed E-state index contributed by atoms with van der Waals surface area (Å²) in [5.41, 5.74) is -1.60. The summed E-state index contributed by atoms with van der Waals surface area (Å²) < 4.78 is 92.6. The number of unbranched alkanes of at least 4 members (excludes halogenated alkanes) is 32. The molecule has 0 saturated heterocycles. The van der Waals surface area contributed by atoms with Gasteiger partial charge < -0.3 is 28.1 Å². The Morgan fingerprint density at radius 2 is 0.517 bits per heavy atom. The number of hydrogen-bond acceptors (Lipinski definition) is 14. The van der Waals surface area contributed by atoms with Crippen molar-refractivity contribution in [1.29, 1.82) is 0 Å². The van der Waals surface area contributed by atoms with Gasteiger partial charge in [0, 0.05) is 0 Å². The Kier molecular flexibility index (Phi) is 55.8. The minimum Gasteiger partial charge on any atom is -0.744 e. The maximum absolute atomic E-state index is 12.9. The van der Waals surface area contributed by atoms with E-state index in [2.05, 4.69) is 76.3 Å². The maximum atomic E-state index is 12.9. The van der Waals surface area contributed by atoms with Crippen molar-refractivity contribution in [3.8, 4) is 0 Å². The number of allylic oxidation sites excluding steroid dienone is 8. The number of esters is 4. The van der Waals surface area contributed by atoms with Crippen LogP contribution in [0.4, 0.5) is 0 Å². The van der Waals surface area contributed by atoms with E-state index in [1.165, 1.54) is 88.5 Å². The molecule has 0 unspecified atom stereocenters. The Bertz CT molecular complexity index is 2330. The van der Waals surface area contributed by atoms with Crippen molar-refractivity contribution < 1.29 is 64.1 Å². The summed E-state index contributed by atoms with van der Waals surface area (Å²) in [6.45, 7) is 9.24. The average molecular weight is 1310 g/mol. The Morgan fingerprint density at radius 3 is 0.742 bits per heavy atom. The third-order valence-corrected chi connectivity index (χ3v) is 16.8. The maximum Gasteiger partial charge on any atom is 2.00 e. The first-order chi connectivity index (χ1) is 42.6. The van der Waals surface area contributed by atoms with Crippen molar-refractivity contribution >= 4 is 81.9 Å². The first kappa shape index (κ1) is 85.4. The number of rotatable bonds is 54. The van der Waals surface area contributed by atoms with Gasteiger partial charge in [-0.05, 0) is 127 Å². The van der Waals surface area contributed by atoms with Gasteiger partial charge in [-0.2, -0.15) is 0 Å². The van der Waals surface area contributed by atoms with E-state index in [9.17, 15) is 45.1 Å². The molecule has 17 heteroatoms. The quantitative estimate of drug-likeness (QED) is 0.0150. The van der Waals surface area contributed by atoms with E-state index in [1.807, 2.05) is 0 Å². The molecule has 2 aromatic rings. The van der Waals surface area contributed by atoms with Gasteiger partial charge in [-0.25, -0.2) is 36.0 Å². The molecular weight excluding hydrogens is 1190 g/mol. The predicted octanol–water partition coefficient (Wildman–Crippen LogP) is 19.3. The topological polar surface area (TPSA) is 220 Å². The van der Waals surface area contributed by atoms with E-state index < -0.39 is 65.0 Å². The third-order valence-electron chi connectivity index (χ3n) is 15.0. The zero-order chi connectivity index (χ0) is 64.6. The third kappa shape index (κ3) is 45.3. The van der Waals surface area contributed by atoms with Crippen molar-refractivity contribution in [2.45, 2.75) is 294 Å². The minimum atomic E-state index is -5.01. The molecule has 0 aliphatic rings. The smallest absolute Gasteiger partial charge is 0.744 e. The molecule has 0 atom stereocenters. The fraction of sp³-hybridized carbons (Fsp3) is 0.667. The zero-order valence-corrected chi connectivity index (χ0v) is 59.3. The van der Waals surface area contributed by atoms with Crippen LogP contribution in [0.25, 0.3) is 0 Å². The van der Waals surface area contributed by atoms with Crippen molar-refractivity contribution in [3.63, 3.8) is 0 Å². The van der Waals surface area contributed by atoms with Gasteiger partial charge in [0.05, 0.1) is 58.5 Å². The molecule has 0 bridgehead atoms. The fourth-order valence-corrected chi connectivity index (χ4v) is 11.1. The predicted molar refractivity (Wildman–Crippen MR) is 360 cm³/mol. The van der Waals surface area contributed by atoms with E-state index in [0.717, 1.165) is 179 Å². The standard InChI is InChI=1S/2C36H58O7S.Ca/c2*1-3-5-7-9-11-13-15-17-19-21-23-25-30-42-35(37)32-28-27-29-33(44(39,40)41)34(32)36(38)43-31-26-24-22-20-18-16-14-12-10-8-6-4-2;/h2*9-12,27-29H,3-8,13-26,30-31H2,1-2H3,(H,39,40,41);/q;;+2/p-2/b2*11-9+,12-10+;. The van der Waals surface area contributed by atoms with Gasteiger partial charge in [0.2, 0.25) is 0 Å². The molecule has 0 amide bonds. The van der Waals surface area contributed by atoms with Crippen LogP contribution in [0, 0.1) is 0 Å². The number of ether oxygens (including phenoxy) is 4. The fourth-order valence-electron chi connectivity index (χ4n) is 9.72. The molecule has 0 aromatic heterocycles. The van der Waals surface area contributed by atoms with Crippen LogP contribution in [0.2, 0.25) is 0 Å². The number of hydrogen-bond donors (Lipinski definition) is 0. The van der Waals surface area contributed by atoms with Gasteiger partial charge in [-0.1, -0.05) is 243 Å². The van der Waals surface area contributed by atoms with E-state index in [0.29, 0.717) is 25.7 Å². The molecule has 2 aromatic carbocycles. The van der Waals surface area contributed by atoms with Crippen LogP contribution in [0.3, 0.4) is 0 Å². The molecular formula is C72H114CaO14S2. The van der Waals surface area contributed by atoms with E-state index in [-0.39, 0.29) is 75.3 Å². The molecule has 500 valence electrons. The summed E-state index contributed by atoms with van der Waals surface area (Å²) in [6.07, 6.45) is 60.9. The molecule has 0 heterocycles. The summed E-state index contributed by atoms with van der Waals surface area (Å²) in [7, 11) is -10.0. The van der Waals surface area contributed by atoms with Crippen molar-refractivity contribution in [2.75, 3.05) is 26.4 Å². The van der Waals surface area contributed by atoms with Gasteiger partial charge in [0.1, 0.15) is 20.2 Å². The summed E-state index contributed by atoms with van der Waals surface area (Å²) >= 11 is 0. The number of carbonyl (C=O) groups excluding carboxylic acids is 4. The second kappa shape index (κ2) is 58.2. The van der Waals surface area contributed by atoms with Crippen molar-refractivity contribution in [3.05, 3.63) is 107 Å². The first-order valence-electron chi connectivity index (χ1n) is 34.1. The number of carbonyl (C=O) groups is 4. The molecule has 14 nitrogen and oxygen atoms in total. The van der Waals surface area contributed by atoms with Crippen LogP contribution in [-0.2, 0) is 39.2 Å². The van der Waals surface area contributed by atoms with E-state index in [1.54, 1.807) is 0 Å². The SMILES string of the molecule is CCCC/C=C/CCCCCCCCOC(=O)c1cccc(S(=O)(=O)[O-])c1C(=O)OCCCCCCCC/C=C/CCCC.CCCC/C=C/CCCCCCCCOC(=O)c1cccc(S(=O)(=O)[O-])c1C(=O)OCCCCCCCC/C=C/CCCC.[Ca+2]. The van der Waals surface area contributed by atoms with Gasteiger partial charge >= 0.3 is 61.6 Å². The first-order valence-corrected chi connectivity index (χ1v) is 36.9. The van der Waals surface area contributed by atoms with Gasteiger partial charge in [-0.15, -0.1) is 0 Å². The summed E-state index contributed by atoms with van der Waals surface area (Å²) in [5.74, 6) is -3.67. The molecule has 0 aliphatic carbocycles. The van der Waals surface area contributed by atoms with Crippen LogP contribution in [0.15, 0.2) is 94.8 Å². The summed E-state index contributed by atoms with van der Waals surface area (Å²) in [6, 6.07) is 7.16. The van der Waals surface area contributed by atoms with Crippen molar-refractivity contribution in [2.24, 2.45) is 0 Å². The minimum absolute atomic E-state index is 0. The van der Waals surface area contributed by atoms with E-state index in [4.69, 9.17) is 18.9 Å². The monoisotopic (exact) mass is 1310 g/mol. The summed E-state index contributed by atoms with van der Waals surface area (Å²) in [5, 5.41) is 0. The normalized spacial score (nSPS) is 11.8. The van der Waals surface area contributed by atoms with Crippen LogP contribution in [-0.4, -0.2) is 114 Å². The molecule has 0 radical (unpaired) electrons. The molecule has 0 spiro atoms. The average Bonchev–Trinajstić information content (AvgIpc) is 3.38. The van der Waals surface area contributed by atoms with Crippen LogP contribution >= 0.6 is 0 Å². The van der Waals surface area contributed by atoms with Crippen LogP contribution < -0.4 is 0 Å². The molecule has 0 saturated carbocycles. The number of benzene rings is 2. The van der Waals surface area contributed by atoms with Gasteiger partial charge in [0.15, 0.2) is 0 Å². The second-order valence-electron chi connectivity index (χ2n) is 22.9. The molecule has 0 fully saturated rings. The largest absolute Gasteiger partial charge is 2.00 e. The molecule has 89 heavy (non-hydrogen) atoms. The van der Waals surface area contributed by atoms with Crippen molar-refractivity contribution in [1.82, 2.24) is 0 Å². The van der Waals surface area contributed by atoms with Crippen LogP contribution in [0.1, 0.15) is 326 Å². The summed E-state index contributed by atoms with van der Waals surface area (Å²) in [4.78, 5) is 49.8.